The minimum absolute atomic E-state index is 0.0918. The van der Waals surface area contributed by atoms with Crippen LogP contribution in [0.25, 0.3) is 21.7 Å². The SMILES string of the molecule is Cc1cc2ncccc2cc1C(C)n1cc2ccccc2c1C(=O)C=O. The molecule has 4 nitrogen and oxygen atoms in total. The van der Waals surface area contributed by atoms with Crippen LogP contribution in [0.5, 0.6) is 0 Å². The highest BCUT2D eigenvalue weighted by Gasteiger charge is 2.21. The van der Waals surface area contributed by atoms with Gasteiger partial charge >= 0.3 is 0 Å². The lowest BCUT2D eigenvalue weighted by molar-refractivity contribution is -0.104. The summed E-state index contributed by atoms with van der Waals surface area (Å²) in [7, 11) is 0. The van der Waals surface area contributed by atoms with Crippen molar-refractivity contribution in [3.05, 3.63) is 77.7 Å². The van der Waals surface area contributed by atoms with Crippen molar-refractivity contribution in [3.63, 3.8) is 0 Å². The lowest BCUT2D eigenvalue weighted by Crippen LogP contribution is -2.15. The van der Waals surface area contributed by atoms with Gasteiger partial charge in [0.1, 0.15) is 5.69 Å². The first-order valence-electron chi connectivity index (χ1n) is 8.54. The number of aryl methyl sites for hydroxylation is 1. The molecular formula is C22H18N2O2. The normalized spacial score (nSPS) is 12.4. The molecule has 0 aliphatic carbocycles. The Balaban J connectivity index is 1.94. The second-order valence-electron chi connectivity index (χ2n) is 6.54. The fraction of sp³-hybridized carbons (Fsp3) is 0.136. The molecule has 0 amide bonds. The van der Waals surface area contributed by atoms with E-state index in [4.69, 9.17) is 0 Å². The van der Waals surface area contributed by atoms with E-state index in [1.165, 1.54) is 0 Å². The zero-order valence-corrected chi connectivity index (χ0v) is 14.6. The Morgan fingerprint density at radius 1 is 1.12 bits per heavy atom. The average molecular weight is 342 g/mol. The molecule has 0 saturated heterocycles. The van der Waals surface area contributed by atoms with Crippen LogP contribution in [-0.2, 0) is 4.79 Å². The Hall–Kier alpha value is -3.27. The molecule has 26 heavy (non-hydrogen) atoms. The standard InChI is InChI=1S/C22H18N2O2/c1-14-10-20-16(7-5-9-23-20)11-19(14)15(2)24-12-17-6-3-4-8-18(17)22(24)21(26)13-25/h3-13,15H,1-2H3. The van der Waals surface area contributed by atoms with E-state index in [0.717, 1.165) is 32.8 Å². The fourth-order valence-corrected chi connectivity index (χ4v) is 3.64. The summed E-state index contributed by atoms with van der Waals surface area (Å²) in [6, 6.07) is 15.7. The number of hydrogen-bond acceptors (Lipinski definition) is 3. The van der Waals surface area contributed by atoms with Crippen LogP contribution in [-0.4, -0.2) is 21.6 Å². The lowest BCUT2D eigenvalue weighted by Gasteiger charge is -2.19. The topological polar surface area (TPSA) is 52.0 Å². The van der Waals surface area contributed by atoms with Crippen molar-refractivity contribution in [1.29, 1.82) is 0 Å². The molecule has 0 fully saturated rings. The van der Waals surface area contributed by atoms with Gasteiger partial charge in [0.2, 0.25) is 5.78 Å². The van der Waals surface area contributed by atoms with Crippen LogP contribution in [0.3, 0.4) is 0 Å². The molecule has 1 unspecified atom stereocenters. The number of aldehydes is 1. The van der Waals surface area contributed by atoms with Crippen LogP contribution in [0.2, 0.25) is 0 Å². The number of rotatable bonds is 4. The van der Waals surface area contributed by atoms with Gasteiger partial charge in [-0.3, -0.25) is 14.6 Å². The van der Waals surface area contributed by atoms with E-state index in [0.29, 0.717) is 12.0 Å². The predicted molar refractivity (Wildman–Crippen MR) is 103 cm³/mol. The van der Waals surface area contributed by atoms with Gasteiger partial charge in [0.25, 0.3) is 0 Å². The molecule has 0 N–H and O–H groups in total. The molecule has 1 atom stereocenters. The predicted octanol–water partition coefficient (Wildman–Crippen LogP) is 4.49. The molecule has 4 rings (SSSR count). The highest BCUT2D eigenvalue weighted by molar-refractivity contribution is 6.35. The number of benzene rings is 2. The summed E-state index contributed by atoms with van der Waals surface area (Å²) in [6.07, 6.45) is 4.12. The molecule has 2 heterocycles. The van der Waals surface area contributed by atoms with Gasteiger partial charge in [0.15, 0.2) is 6.29 Å². The first-order valence-corrected chi connectivity index (χ1v) is 8.54. The van der Waals surface area contributed by atoms with Gasteiger partial charge in [-0.05, 0) is 43.2 Å². The minimum atomic E-state index is -0.502. The molecule has 128 valence electrons. The molecular weight excluding hydrogens is 324 g/mol. The summed E-state index contributed by atoms with van der Waals surface area (Å²) in [5, 5.41) is 2.81. The second-order valence-corrected chi connectivity index (χ2v) is 6.54. The summed E-state index contributed by atoms with van der Waals surface area (Å²) in [5.41, 5.74) is 3.59. The maximum absolute atomic E-state index is 12.3. The van der Waals surface area contributed by atoms with Crippen LogP contribution in [0, 0.1) is 6.92 Å². The molecule has 4 aromatic rings. The average Bonchev–Trinajstić information content (AvgIpc) is 3.06. The van der Waals surface area contributed by atoms with Gasteiger partial charge in [-0.25, -0.2) is 0 Å². The summed E-state index contributed by atoms with van der Waals surface area (Å²) in [5.74, 6) is -0.502. The smallest absolute Gasteiger partial charge is 0.242 e. The summed E-state index contributed by atoms with van der Waals surface area (Å²) in [4.78, 5) is 28.0. The maximum atomic E-state index is 12.3. The summed E-state index contributed by atoms with van der Waals surface area (Å²) < 4.78 is 1.91. The van der Waals surface area contributed by atoms with Crippen LogP contribution in [0.4, 0.5) is 0 Å². The van der Waals surface area contributed by atoms with Crippen molar-refractivity contribution >= 4 is 33.7 Å². The molecule has 0 spiro atoms. The van der Waals surface area contributed by atoms with Gasteiger partial charge in [0.05, 0.1) is 11.6 Å². The first kappa shape index (κ1) is 16.2. The Labute approximate surface area is 151 Å². The number of nitrogens with zero attached hydrogens (tertiary/aromatic N) is 2. The van der Waals surface area contributed by atoms with E-state index < -0.39 is 5.78 Å². The number of aromatic nitrogens is 2. The van der Waals surface area contributed by atoms with Crippen LogP contribution < -0.4 is 0 Å². The number of carbonyl (C=O) groups is 2. The van der Waals surface area contributed by atoms with Gasteiger partial charge in [0, 0.05) is 28.6 Å². The molecule has 0 saturated carbocycles. The zero-order chi connectivity index (χ0) is 18.3. The van der Waals surface area contributed by atoms with Crippen LogP contribution >= 0.6 is 0 Å². The van der Waals surface area contributed by atoms with Crippen molar-refractivity contribution in [2.24, 2.45) is 0 Å². The molecule has 2 aromatic carbocycles. The number of fused-ring (bicyclic) bond motifs is 2. The second kappa shape index (κ2) is 6.23. The Kier molecular flexibility index (Phi) is 3.88. The third kappa shape index (κ3) is 2.51. The van der Waals surface area contributed by atoms with Crippen molar-refractivity contribution in [2.75, 3.05) is 0 Å². The van der Waals surface area contributed by atoms with E-state index in [1.807, 2.05) is 61.0 Å². The minimum Gasteiger partial charge on any atom is -0.336 e. The van der Waals surface area contributed by atoms with E-state index in [-0.39, 0.29) is 6.04 Å². The zero-order valence-electron chi connectivity index (χ0n) is 14.6. The number of ketones is 1. The maximum Gasteiger partial charge on any atom is 0.242 e. The van der Waals surface area contributed by atoms with Crippen molar-refractivity contribution in [1.82, 2.24) is 9.55 Å². The monoisotopic (exact) mass is 342 g/mol. The molecule has 2 aromatic heterocycles. The van der Waals surface area contributed by atoms with Gasteiger partial charge in [-0.15, -0.1) is 0 Å². The third-order valence-corrected chi connectivity index (χ3v) is 4.95. The molecule has 0 aliphatic heterocycles. The van der Waals surface area contributed by atoms with E-state index >= 15 is 0 Å². The lowest BCUT2D eigenvalue weighted by atomic mass is 9.99. The number of pyridine rings is 1. The highest BCUT2D eigenvalue weighted by atomic mass is 16.2. The van der Waals surface area contributed by atoms with Gasteiger partial charge in [-0.2, -0.15) is 0 Å². The number of Topliss-reactive ketones (excluding diaryl/α,β-unsaturated/α-hetero) is 1. The molecule has 0 aliphatic rings. The van der Waals surface area contributed by atoms with Crippen molar-refractivity contribution < 1.29 is 9.59 Å². The van der Waals surface area contributed by atoms with E-state index in [1.54, 1.807) is 6.20 Å². The third-order valence-electron chi connectivity index (χ3n) is 4.95. The molecule has 0 bridgehead atoms. The molecule has 4 heteroatoms. The Morgan fingerprint density at radius 2 is 1.88 bits per heavy atom. The highest BCUT2D eigenvalue weighted by Crippen LogP contribution is 2.31. The van der Waals surface area contributed by atoms with Crippen molar-refractivity contribution in [3.8, 4) is 0 Å². The largest absolute Gasteiger partial charge is 0.336 e. The summed E-state index contributed by atoms with van der Waals surface area (Å²) in [6.45, 7) is 4.09. The Morgan fingerprint density at radius 3 is 2.69 bits per heavy atom. The van der Waals surface area contributed by atoms with Crippen LogP contribution in [0.1, 0.15) is 34.6 Å². The molecule has 0 radical (unpaired) electrons. The van der Waals surface area contributed by atoms with Crippen molar-refractivity contribution in [2.45, 2.75) is 19.9 Å². The van der Waals surface area contributed by atoms with E-state index in [9.17, 15) is 9.59 Å². The van der Waals surface area contributed by atoms with Crippen LogP contribution in [0.15, 0.2) is 60.9 Å². The van der Waals surface area contributed by atoms with Gasteiger partial charge < -0.3 is 4.57 Å². The van der Waals surface area contributed by atoms with E-state index in [2.05, 4.69) is 17.1 Å². The number of carbonyl (C=O) groups excluding carboxylic acids is 2. The first-order chi connectivity index (χ1) is 12.6. The fourth-order valence-electron chi connectivity index (χ4n) is 3.64. The van der Waals surface area contributed by atoms with Gasteiger partial charge in [-0.1, -0.05) is 30.3 Å². The Bertz CT molecular complexity index is 1160. The summed E-state index contributed by atoms with van der Waals surface area (Å²) >= 11 is 0. The quantitative estimate of drug-likeness (QED) is 0.312. The number of hydrogen-bond donors (Lipinski definition) is 0.